The SMILES string of the molecule is CC1(C)c2ccccc2-c2ccc(N(c3ccccc3)c3ccc4c5c(ccc4c3)-c3c(ccc4c(-c6ccc7sc8c(N(c9ccccc9)c9ccc%10c%11c(ccc%10c9)-c9c(ccc%10ccccc9%10)C%119c%10ccccc%10-c%10ccccc%109)cccc8c7c6)cccc34)C53c4ccccc4-c4ccccc43)cc21. The molecule has 0 fully saturated rings. The number of rotatable bonds is 7. The van der Waals surface area contributed by atoms with Crippen LogP contribution in [-0.4, -0.2) is 0 Å². The summed E-state index contributed by atoms with van der Waals surface area (Å²) in [6.07, 6.45) is 0. The van der Waals surface area contributed by atoms with Gasteiger partial charge in [-0.3, -0.25) is 0 Å². The molecular formula is C105H66N2S. The highest BCUT2D eigenvalue weighted by molar-refractivity contribution is 7.26. The van der Waals surface area contributed by atoms with Crippen molar-refractivity contribution in [2.45, 2.75) is 30.1 Å². The zero-order valence-corrected chi connectivity index (χ0v) is 60.3. The van der Waals surface area contributed by atoms with E-state index >= 15 is 0 Å². The van der Waals surface area contributed by atoms with Gasteiger partial charge in [-0.2, -0.15) is 0 Å². The minimum atomic E-state index is -0.573. The second-order valence-electron chi connectivity index (χ2n) is 30.8. The fourth-order valence-corrected chi connectivity index (χ4v) is 22.3. The number of para-hydroxylation sites is 2. The van der Waals surface area contributed by atoms with Gasteiger partial charge >= 0.3 is 0 Å². The maximum absolute atomic E-state index is 2.50. The minimum absolute atomic E-state index is 0.140. The largest absolute Gasteiger partial charge is 0.310 e. The summed E-state index contributed by atoms with van der Waals surface area (Å²) in [6, 6.07) is 139. The van der Waals surface area contributed by atoms with E-state index in [1.54, 1.807) is 0 Å². The molecule has 2 spiro atoms. The number of benzene rings is 18. The van der Waals surface area contributed by atoms with Gasteiger partial charge in [-0.25, -0.2) is 0 Å². The van der Waals surface area contributed by atoms with Crippen LogP contribution in [0.2, 0.25) is 0 Å². The lowest BCUT2D eigenvalue weighted by Gasteiger charge is -2.32. The third-order valence-electron chi connectivity index (χ3n) is 25.4. The van der Waals surface area contributed by atoms with Gasteiger partial charge in [0.25, 0.3) is 0 Å². The third-order valence-corrected chi connectivity index (χ3v) is 26.6. The summed E-state index contributed by atoms with van der Waals surface area (Å²) >= 11 is 1.89. The molecule has 1 aromatic heterocycles. The molecule has 18 aromatic carbocycles. The monoisotopic (exact) mass is 1390 g/mol. The van der Waals surface area contributed by atoms with Gasteiger partial charge in [0.15, 0.2) is 0 Å². The number of hydrogen-bond acceptors (Lipinski definition) is 3. The normalized spacial score (nSPS) is 14.2. The Morgan fingerprint density at radius 2 is 0.667 bits per heavy atom. The summed E-state index contributed by atoms with van der Waals surface area (Å²) in [6.45, 7) is 4.75. The van der Waals surface area contributed by atoms with E-state index in [4.69, 9.17) is 0 Å². The van der Waals surface area contributed by atoms with Crippen molar-refractivity contribution in [1.82, 2.24) is 0 Å². The third kappa shape index (κ3) is 7.80. The van der Waals surface area contributed by atoms with Crippen LogP contribution in [0.15, 0.2) is 364 Å². The molecule has 0 atom stereocenters. The molecule has 0 N–H and O–H groups in total. The maximum Gasteiger partial charge on any atom is 0.0731 e. The van der Waals surface area contributed by atoms with Crippen LogP contribution in [0, 0.1) is 0 Å². The fourth-order valence-electron chi connectivity index (χ4n) is 21.1. The van der Waals surface area contributed by atoms with E-state index < -0.39 is 10.8 Å². The van der Waals surface area contributed by atoms with Gasteiger partial charge in [-0.1, -0.05) is 299 Å². The highest BCUT2D eigenvalue weighted by Crippen LogP contribution is 2.68. The second-order valence-corrected chi connectivity index (χ2v) is 31.8. The van der Waals surface area contributed by atoms with Crippen LogP contribution in [0.3, 0.4) is 0 Å². The number of hydrogen-bond donors (Lipinski definition) is 0. The molecule has 0 saturated heterocycles. The zero-order chi connectivity index (χ0) is 70.9. The summed E-state index contributed by atoms with van der Waals surface area (Å²) in [5, 5.41) is 12.5. The van der Waals surface area contributed by atoms with Gasteiger partial charge in [0, 0.05) is 49.3 Å². The first kappa shape index (κ1) is 60.1. The van der Waals surface area contributed by atoms with Crippen molar-refractivity contribution in [3.8, 4) is 66.8 Å². The highest BCUT2D eigenvalue weighted by Gasteiger charge is 2.55. The Labute approximate surface area is 630 Å². The van der Waals surface area contributed by atoms with Crippen LogP contribution in [0.25, 0.3) is 130 Å². The van der Waals surface area contributed by atoms with E-state index in [1.807, 2.05) is 11.3 Å². The predicted octanol–water partition coefficient (Wildman–Crippen LogP) is 28.3. The van der Waals surface area contributed by atoms with Gasteiger partial charge in [-0.15, -0.1) is 11.3 Å². The molecule has 108 heavy (non-hydrogen) atoms. The van der Waals surface area contributed by atoms with E-state index in [2.05, 4.69) is 388 Å². The van der Waals surface area contributed by atoms with Crippen LogP contribution in [0.5, 0.6) is 0 Å². The molecule has 502 valence electrons. The van der Waals surface area contributed by atoms with Crippen LogP contribution in [0.4, 0.5) is 34.1 Å². The molecule has 0 saturated carbocycles. The van der Waals surface area contributed by atoms with E-state index in [9.17, 15) is 0 Å². The molecule has 3 heteroatoms. The van der Waals surface area contributed by atoms with E-state index in [-0.39, 0.29) is 5.41 Å². The molecule has 0 aliphatic heterocycles. The molecular weight excluding hydrogens is 1320 g/mol. The highest BCUT2D eigenvalue weighted by atomic mass is 32.1. The number of anilines is 6. The summed E-state index contributed by atoms with van der Waals surface area (Å²) in [5.74, 6) is 0. The maximum atomic E-state index is 2.50. The van der Waals surface area contributed by atoms with Crippen LogP contribution in [0.1, 0.15) is 69.5 Å². The smallest absolute Gasteiger partial charge is 0.0731 e. The Bertz CT molecular complexity index is 7080. The quantitative estimate of drug-likeness (QED) is 0.157. The average molecular weight is 1390 g/mol. The molecule has 0 amide bonds. The average Bonchev–Trinajstić information content (AvgIpc) is 1.50. The summed E-state index contributed by atoms with van der Waals surface area (Å²) in [4.78, 5) is 4.95. The first-order chi connectivity index (χ1) is 53.3. The van der Waals surface area contributed by atoms with E-state index in [0.29, 0.717) is 0 Å². The van der Waals surface area contributed by atoms with Gasteiger partial charge in [0.05, 0.1) is 21.2 Å². The van der Waals surface area contributed by atoms with E-state index in [1.165, 1.54) is 186 Å². The number of nitrogens with zero attached hydrogens (tertiary/aromatic N) is 2. The van der Waals surface area contributed by atoms with Crippen molar-refractivity contribution in [3.63, 3.8) is 0 Å². The molecule has 0 bridgehead atoms. The van der Waals surface area contributed by atoms with Crippen LogP contribution >= 0.6 is 11.3 Å². The summed E-state index contributed by atoms with van der Waals surface area (Å²) < 4.78 is 2.51. The predicted molar refractivity (Wildman–Crippen MR) is 454 cm³/mol. The molecule has 0 radical (unpaired) electrons. The summed E-state index contributed by atoms with van der Waals surface area (Å²) in [5.41, 5.74) is 34.7. The van der Waals surface area contributed by atoms with Crippen molar-refractivity contribution < 1.29 is 0 Å². The lowest BCUT2D eigenvalue weighted by atomic mass is 9.69. The molecule has 5 aliphatic rings. The number of thiophene rings is 1. The second kappa shape index (κ2) is 22.0. The Balaban J connectivity index is 0.652. The Morgan fingerprint density at radius 1 is 0.231 bits per heavy atom. The minimum Gasteiger partial charge on any atom is -0.310 e. The molecule has 24 rings (SSSR count). The fraction of sp³-hybridized carbons (Fsp3) is 0.0476. The van der Waals surface area contributed by atoms with Crippen molar-refractivity contribution in [2.24, 2.45) is 0 Å². The lowest BCUT2D eigenvalue weighted by Crippen LogP contribution is -2.26. The molecule has 0 unspecified atom stereocenters. The molecule has 1 heterocycles. The Kier molecular flexibility index (Phi) is 12.2. The van der Waals surface area contributed by atoms with Crippen molar-refractivity contribution in [3.05, 3.63) is 420 Å². The van der Waals surface area contributed by atoms with Crippen molar-refractivity contribution in [2.75, 3.05) is 9.80 Å². The van der Waals surface area contributed by atoms with Crippen LogP contribution < -0.4 is 9.80 Å². The van der Waals surface area contributed by atoms with Gasteiger partial charge in [-0.05, 0) is 244 Å². The summed E-state index contributed by atoms with van der Waals surface area (Å²) in [7, 11) is 0. The first-order valence-corrected chi connectivity index (χ1v) is 38.7. The standard InChI is InChI=1S/C105H66N2S/c1-103(2)88-37-16-11-29-77(88)82-54-49-71(62-95(82)103)106(67-24-5-3-6-25-67)69-47-52-74-64(59-69)44-51-86-99-83-35-21-34-72(76(83)55-57-94(99)105(101(74)86)91-40-19-14-32-80(91)81-33-15-20-41-92(81)105)66-46-58-97-87(61-66)84-36-22-42-96(102(84)108-97)107(68-26-7-4-8-27-68)70-48-53-75-65(60-70)43-50-85-98-73-28-10-9-23-63(73)45-56-93(98)104(100(75)85)89-38-17-12-30-78(89)79-31-13-18-39-90(79)104/h3-62H,1-2H3. The Morgan fingerprint density at radius 3 is 1.29 bits per heavy atom. The van der Waals surface area contributed by atoms with Crippen LogP contribution in [-0.2, 0) is 16.2 Å². The lowest BCUT2D eigenvalue weighted by molar-refractivity contribution is 0.660. The number of fused-ring (bicyclic) bond motifs is 34. The van der Waals surface area contributed by atoms with Gasteiger partial charge in [0.1, 0.15) is 0 Å². The molecule has 5 aliphatic carbocycles. The van der Waals surface area contributed by atoms with Gasteiger partial charge in [0.2, 0.25) is 0 Å². The van der Waals surface area contributed by atoms with E-state index in [0.717, 1.165) is 34.1 Å². The zero-order valence-electron chi connectivity index (χ0n) is 59.4. The Hall–Kier alpha value is -13.2. The molecule has 19 aromatic rings. The first-order valence-electron chi connectivity index (χ1n) is 37.9. The van der Waals surface area contributed by atoms with Gasteiger partial charge < -0.3 is 9.80 Å². The topological polar surface area (TPSA) is 6.48 Å². The van der Waals surface area contributed by atoms with Crippen molar-refractivity contribution >= 4 is 109 Å². The molecule has 2 nitrogen and oxygen atoms in total. The van der Waals surface area contributed by atoms with Crippen molar-refractivity contribution in [1.29, 1.82) is 0 Å².